The third kappa shape index (κ3) is 4.22. The molecular weight excluding hydrogens is 307 g/mol. The Labute approximate surface area is 114 Å². The Bertz CT molecular complexity index is 407. The molecule has 0 amide bonds. The molecule has 3 nitrogen and oxygen atoms in total. The lowest BCUT2D eigenvalue weighted by Crippen LogP contribution is -2.02. The third-order valence-corrected chi connectivity index (χ3v) is 2.62. The zero-order chi connectivity index (χ0) is 12.8. The molecule has 17 heavy (non-hydrogen) atoms. The number of halogens is 2. The van der Waals surface area contributed by atoms with Crippen LogP contribution in [-0.2, 0) is 6.61 Å². The molecule has 0 aliphatic heterocycles. The van der Waals surface area contributed by atoms with Gasteiger partial charge in [-0.05, 0) is 40.5 Å². The maximum Gasteiger partial charge on any atom is 0.175 e. The smallest absolute Gasteiger partial charge is 0.175 e. The summed E-state index contributed by atoms with van der Waals surface area (Å²) in [5, 5.41) is 9.52. The summed E-state index contributed by atoms with van der Waals surface area (Å²) in [5.41, 5.74) is 0.748. The van der Waals surface area contributed by atoms with Crippen LogP contribution in [0.5, 0.6) is 11.5 Å². The maximum atomic E-state index is 9.11. The highest BCUT2D eigenvalue weighted by Gasteiger charge is 2.12. The summed E-state index contributed by atoms with van der Waals surface area (Å²) in [7, 11) is 0. The van der Waals surface area contributed by atoms with E-state index >= 15 is 0 Å². The number of aliphatic hydroxyl groups is 1. The van der Waals surface area contributed by atoms with E-state index in [0.29, 0.717) is 27.6 Å². The van der Waals surface area contributed by atoms with Crippen molar-refractivity contribution >= 4 is 27.5 Å². The van der Waals surface area contributed by atoms with E-state index in [-0.39, 0.29) is 13.2 Å². The van der Waals surface area contributed by atoms with Crippen LogP contribution in [0.4, 0.5) is 0 Å². The van der Waals surface area contributed by atoms with Gasteiger partial charge in [0, 0.05) is 5.03 Å². The highest BCUT2D eigenvalue weighted by Crippen LogP contribution is 2.37. The van der Waals surface area contributed by atoms with Crippen LogP contribution in [0.1, 0.15) is 12.5 Å². The van der Waals surface area contributed by atoms with Crippen molar-refractivity contribution in [3.05, 3.63) is 33.8 Å². The number of ether oxygens (including phenoxy) is 2. The lowest BCUT2D eigenvalue weighted by atomic mass is 10.2. The predicted molar refractivity (Wildman–Crippen MR) is 71.7 cm³/mol. The molecule has 1 N–H and O–H groups in total. The van der Waals surface area contributed by atoms with Crippen molar-refractivity contribution in [3.8, 4) is 11.5 Å². The van der Waals surface area contributed by atoms with Gasteiger partial charge >= 0.3 is 0 Å². The number of aliphatic hydroxyl groups excluding tert-OH is 1. The minimum atomic E-state index is -0.0544. The van der Waals surface area contributed by atoms with Crippen LogP contribution in [0.3, 0.4) is 0 Å². The molecule has 0 bridgehead atoms. The molecule has 0 atom stereocenters. The Hall–Kier alpha value is -0.710. The molecular formula is C12H14BrClO3. The van der Waals surface area contributed by atoms with Crippen molar-refractivity contribution in [2.24, 2.45) is 0 Å². The van der Waals surface area contributed by atoms with Crippen LogP contribution in [0.2, 0.25) is 0 Å². The Morgan fingerprint density at radius 1 is 1.47 bits per heavy atom. The van der Waals surface area contributed by atoms with Gasteiger partial charge in [0.15, 0.2) is 11.5 Å². The van der Waals surface area contributed by atoms with E-state index in [4.69, 9.17) is 26.2 Å². The summed E-state index contributed by atoms with van der Waals surface area (Å²) in [6.07, 6.45) is 0. The second kappa shape index (κ2) is 6.89. The van der Waals surface area contributed by atoms with Gasteiger partial charge < -0.3 is 14.6 Å². The van der Waals surface area contributed by atoms with Gasteiger partial charge in [0.05, 0.1) is 17.7 Å². The molecule has 1 aromatic rings. The first-order valence-electron chi connectivity index (χ1n) is 5.10. The van der Waals surface area contributed by atoms with Gasteiger partial charge in [-0.15, -0.1) is 0 Å². The monoisotopic (exact) mass is 320 g/mol. The first-order valence-corrected chi connectivity index (χ1v) is 6.27. The highest BCUT2D eigenvalue weighted by atomic mass is 79.9. The molecule has 0 aliphatic rings. The molecule has 1 rings (SSSR count). The lowest BCUT2D eigenvalue weighted by molar-refractivity contribution is 0.275. The van der Waals surface area contributed by atoms with Crippen LogP contribution in [-0.4, -0.2) is 18.3 Å². The van der Waals surface area contributed by atoms with Crippen LogP contribution in [0, 0.1) is 0 Å². The Kier molecular flexibility index (Phi) is 5.82. The molecule has 0 heterocycles. The molecule has 0 fully saturated rings. The van der Waals surface area contributed by atoms with E-state index in [0.717, 1.165) is 5.56 Å². The fourth-order valence-electron chi connectivity index (χ4n) is 1.27. The quantitative estimate of drug-likeness (QED) is 0.872. The van der Waals surface area contributed by atoms with E-state index in [9.17, 15) is 0 Å². The highest BCUT2D eigenvalue weighted by molar-refractivity contribution is 9.10. The van der Waals surface area contributed by atoms with Crippen molar-refractivity contribution in [2.75, 3.05) is 13.2 Å². The molecule has 1 aromatic carbocycles. The molecule has 0 spiro atoms. The van der Waals surface area contributed by atoms with Crippen molar-refractivity contribution in [2.45, 2.75) is 13.5 Å². The van der Waals surface area contributed by atoms with Crippen LogP contribution >= 0.6 is 27.5 Å². The fourth-order valence-corrected chi connectivity index (χ4v) is 1.92. The molecule has 0 saturated heterocycles. The van der Waals surface area contributed by atoms with E-state index < -0.39 is 0 Å². The van der Waals surface area contributed by atoms with Crippen LogP contribution < -0.4 is 9.47 Å². The van der Waals surface area contributed by atoms with E-state index in [1.807, 2.05) is 6.92 Å². The molecule has 94 valence electrons. The van der Waals surface area contributed by atoms with E-state index in [1.165, 1.54) is 0 Å². The van der Waals surface area contributed by atoms with Crippen LogP contribution in [0.25, 0.3) is 0 Å². The van der Waals surface area contributed by atoms with Gasteiger partial charge in [0.1, 0.15) is 6.61 Å². The Balaban J connectivity index is 3.02. The van der Waals surface area contributed by atoms with Crippen molar-refractivity contribution < 1.29 is 14.6 Å². The fraction of sp³-hybridized carbons (Fsp3) is 0.333. The van der Waals surface area contributed by atoms with Crippen LogP contribution in [0.15, 0.2) is 28.2 Å². The predicted octanol–water partition coefficient (Wildman–Crippen LogP) is 3.47. The topological polar surface area (TPSA) is 38.7 Å². The largest absolute Gasteiger partial charge is 0.490 e. The molecule has 0 aliphatic carbocycles. The molecule has 5 heteroatoms. The van der Waals surface area contributed by atoms with Crippen molar-refractivity contribution in [1.29, 1.82) is 0 Å². The SMILES string of the molecule is C=C(Cl)COc1c(Br)cc(CO)cc1OCC. The summed E-state index contributed by atoms with van der Waals surface area (Å²) in [6, 6.07) is 3.51. The Morgan fingerprint density at radius 3 is 2.71 bits per heavy atom. The van der Waals surface area contributed by atoms with Crippen molar-refractivity contribution in [3.63, 3.8) is 0 Å². The maximum absolute atomic E-state index is 9.11. The standard InChI is InChI=1S/C12H14BrClO3/c1-3-16-11-5-9(6-15)4-10(13)12(11)17-7-8(2)14/h4-5,15H,2-3,6-7H2,1H3. The molecule has 0 saturated carbocycles. The zero-order valence-electron chi connectivity index (χ0n) is 9.50. The summed E-state index contributed by atoms with van der Waals surface area (Å²) in [4.78, 5) is 0. The van der Waals surface area contributed by atoms with Gasteiger partial charge in [-0.2, -0.15) is 0 Å². The molecule has 0 aromatic heterocycles. The zero-order valence-corrected chi connectivity index (χ0v) is 11.8. The second-order valence-corrected chi connectivity index (χ2v) is 4.69. The molecule has 0 radical (unpaired) electrons. The summed E-state index contributed by atoms with van der Waals surface area (Å²) in [6.45, 7) is 6.10. The average molecular weight is 322 g/mol. The normalized spacial score (nSPS) is 10.1. The van der Waals surface area contributed by atoms with Gasteiger partial charge in [0.2, 0.25) is 0 Å². The van der Waals surface area contributed by atoms with Gasteiger partial charge in [-0.25, -0.2) is 0 Å². The summed E-state index contributed by atoms with van der Waals surface area (Å²) < 4.78 is 11.7. The average Bonchev–Trinajstić information content (AvgIpc) is 2.27. The second-order valence-electron chi connectivity index (χ2n) is 3.30. The number of hydrogen-bond donors (Lipinski definition) is 1. The number of rotatable bonds is 6. The minimum Gasteiger partial charge on any atom is -0.490 e. The summed E-state index contributed by atoms with van der Waals surface area (Å²) >= 11 is 9.02. The minimum absolute atomic E-state index is 0.0544. The first kappa shape index (κ1) is 14.4. The number of hydrogen-bond acceptors (Lipinski definition) is 3. The van der Waals surface area contributed by atoms with Gasteiger partial charge in [-0.1, -0.05) is 18.2 Å². The summed E-state index contributed by atoms with van der Waals surface area (Å²) in [5.74, 6) is 1.13. The van der Waals surface area contributed by atoms with Gasteiger partial charge in [0.25, 0.3) is 0 Å². The van der Waals surface area contributed by atoms with Crippen molar-refractivity contribution in [1.82, 2.24) is 0 Å². The molecule has 0 unspecified atom stereocenters. The lowest BCUT2D eigenvalue weighted by Gasteiger charge is -2.14. The first-order chi connectivity index (χ1) is 8.08. The third-order valence-electron chi connectivity index (χ3n) is 1.92. The van der Waals surface area contributed by atoms with Gasteiger partial charge in [-0.3, -0.25) is 0 Å². The Morgan fingerprint density at radius 2 is 2.18 bits per heavy atom. The van der Waals surface area contributed by atoms with E-state index in [2.05, 4.69) is 22.5 Å². The number of benzene rings is 1. The van der Waals surface area contributed by atoms with E-state index in [1.54, 1.807) is 12.1 Å².